The Bertz CT molecular complexity index is 1190. The number of pyridine rings is 1. The SMILES string of the molecule is COC[C@H]1Cn2nc(-c3nc(C4CCOCC4)cnc3N)cc2C(=O)N1Cc1cccc(C)n1. The van der Waals surface area contributed by atoms with Gasteiger partial charge < -0.3 is 20.1 Å². The van der Waals surface area contributed by atoms with E-state index in [1.807, 2.05) is 25.1 Å². The van der Waals surface area contributed by atoms with Crippen LogP contribution in [0.5, 0.6) is 0 Å². The molecule has 1 saturated heterocycles. The standard InChI is InChI=1S/C24H29N7O3/c1-15-4-3-5-17(27-15)12-30-18(14-33-2)13-31-21(24(30)32)10-19(29-31)22-23(25)26-11-20(28-22)16-6-8-34-9-7-16/h3-5,10-11,16,18H,6-9,12-14H2,1-2H3,(H2,25,26)/t18-/m1/s1. The third-order valence-electron chi connectivity index (χ3n) is 6.42. The van der Waals surface area contributed by atoms with Gasteiger partial charge in [0.15, 0.2) is 5.82 Å². The molecule has 0 saturated carbocycles. The number of ether oxygens (including phenoxy) is 2. The van der Waals surface area contributed by atoms with Gasteiger partial charge in [0.25, 0.3) is 5.91 Å². The minimum Gasteiger partial charge on any atom is -0.382 e. The summed E-state index contributed by atoms with van der Waals surface area (Å²) in [7, 11) is 1.63. The maximum Gasteiger partial charge on any atom is 0.272 e. The van der Waals surface area contributed by atoms with Crippen molar-refractivity contribution in [2.24, 2.45) is 0 Å². The number of rotatable bonds is 6. The van der Waals surface area contributed by atoms with Gasteiger partial charge in [0.2, 0.25) is 0 Å². The largest absolute Gasteiger partial charge is 0.382 e. The molecule has 0 bridgehead atoms. The Kier molecular flexibility index (Phi) is 6.25. The molecule has 0 aromatic carbocycles. The maximum atomic E-state index is 13.5. The number of fused-ring (bicyclic) bond motifs is 1. The zero-order chi connectivity index (χ0) is 23.7. The Morgan fingerprint density at radius 2 is 2.06 bits per heavy atom. The number of aromatic nitrogens is 5. The maximum absolute atomic E-state index is 13.5. The van der Waals surface area contributed by atoms with Crippen LogP contribution < -0.4 is 5.73 Å². The summed E-state index contributed by atoms with van der Waals surface area (Å²) in [5.41, 5.74) is 10.4. The number of carbonyl (C=O) groups is 1. The number of anilines is 1. The number of amides is 1. The topological polar surface area (TPSA) is 121 Å². The molecule has 5 heterocycles. The Labute approximate surface area is 198 Å². The molecule has 0 unspecified atom stereocenters. The molecule has 0 aliphatic carbocycles. The predicted molar refractivity (Wildman–Crippen MR) is 125 cm³/mol. The first-order valence-electron chi connectivity index (χ1n) is 11.5. The van der Waals surface area contributed by atoms with E-state index in [1.54, 1.807) is 29.0 Å². The van der Waals surface area contributed by atoms with Crippen LogP contribution in [0.15, 0.2) is 30.5 Å². The first-order valence-corrected chi connectivity index (χ1v) is 11.5. The molecule has 1 amide bonds. The van der Waals surface area contributed by atoms with Crippen LogP contribution in [0.3, 0.4) is 0 Å². The van der Waals surface area contributed by atoms with E-state index in [-0.39, 0.29) is 17.9 Å². The highest BCUT2D eigenvalue weighted by atomic mass is 16.5. The van der Waals surface area contributed by atoms with E-state index in [0.29, 0.717) is 55.8 Å². The van der Waals surface area contributed by atoms with E-state index in [1.165, 1.54) is 0 Å². The normalized spacial score (nSPS) is 18.8. The van der Waals surface area contributed by atoms with Gasteiger partial charge in [-0.2, -0.15) is 5.10 Å². The third kappa shape index (κ3) is 4.38. The monoisotopic (exact) mass is 463 g/mol. The van der Waals surface area contributed by atoms with E-state index >= 15 is 0 Å². The van der Waals surface area contributed by atoms with Gasteiger partial charge >= 0.3 is 0 Å². The van der Waals surface area contributed by atoms with Crippen molar-refractivity contribution in [3.63, 3.8) is 0 Å². The zero-order valence-corrected chi connectivity index (χ0v) is 19.5. The Morgan fingerprint density at radius 3 is 2.82 bits per heavy atom. The van der Waals surface area contributed by atoms with Crippen LogP contribution in [0, 0.1) is 6.92 Å². The molecule has 1 fully saturated rings. The molecule has 1 atom stereocenters. The van der Waals surface area contributed by atoms with Gasteiger partial charge in [-0.05, 0) is 38.0 Å². The fourth-order valence-corrected chi connectivity index (χ4v) is 4.64. The number of aryl methyl sites for hydroxylation is 1. The smallest absolute Gasteiger partial charge is 0.272 e. The van der Waals surface area contributed by atoms with Crippen molar-refractivity contribution in [3.8, 4) is 11.4 Å². The second kappa shape index (κ2) is 9.47. The van der Waals surface area contributed by atoms with Crippen LogP contribution >= 0.6 is 0 Å². The first-order chi connectivity index (χ1) is 16.5. The summed E-state index contributed by atoms with van der Waals surface area (Å²) >= 11 is 0. The van der Waals surface area contributed by atoms with Gasteiger partial charge in [-0.3, -0.25) is 14.5 Å². The summed E-state index contributed by atoms with van der Waals surface area (Å²) in [5.74, 6) is 0.457. The minimum atomic E-state index is -0.169. The van der Waals surface area contributed by atoms with E-state index in [0.717, 1.165) is 29.9 Å². The summed E-state index contributed by atoms with van der Waals surface area (Å²) in [4.78, 5) is 29.1. The molecule has 10 heteroatoms. The van der Waals surface area contributed by atoms with Gasteiger partial charge in [-0.25, -0.2) is 9.97 Å². The van der Waals surface area contributed by atoms with Crippen molar-refractivity contribution in [2.75, 3.05) is 32.7 Å². The quantitative estimate of drug-likeness (QED) is 0.590. The number of methoxy groups -OCH3 is 1. The van der Waals surface area contributed by atoms with Crippen molar-refractivity contribution < 1.29 is 14.3 Å². The number of hydrogen-bond donors (Lipinski definition) is 1. The van der Waals surface area contributed by atoms with Gasteiger partial charge in [0.1, 0.15) is 17.1 Å². The number of carbonyl (C=O) groups excluding carboxylic acids is 1. The molecular weight excluding hydrogens is 434 g/mol. The van der Waals surface area contributed by atoms with Crippen LogP contribution in [0.4, 0.5) is 5.82 Å². The Morgan fingerprint density at radius 1 is 1.24 bits per heavy atom. The Hall–Kier alpha value is -3.37. The van der Waals surface area contributed by atoms with Gasteiger partial charge in [-0.15, -0.1) is 0 Å². The van der Waals surface area contributed by atoms with Crippen molar-refractivity contribution in [3.05, 3.63) is 53.2 Å². The highest BCUT2D eigenvalue weighted by molar-refractivity contribution is 5.94. The fraction of sp³-hybridized carbons (Fsp3) is 0.458. The number of nitrogens with two attached hydrogens (primary N) is 1. The molecule has 2 N–H and O–H groups in total. The highest BCUT2D eigenvalue weighted by Gasteiger charge is 2.35. The molecule has 2 aliphatic rings. The molecule has 3 aromatic rings. The summed E-state index contributed by atoms with van der Waals surface area (Å²) in [6, 6.07) is 7.41. The first kappa shape index (κ1) is 22.4. The van der Waals surface area contributed by atoms with E-state index in [9.17, 15) is 4.79 Å². The van der Waals surface area contributed by atoms with Crippen LogP contribution in [0.1, 0.15) is 46.3 Å². The molecule has 3 aromatic heterocycles. The lowest BCUT2D eigenvalue weighted by Gasteiger charge is -2.35. The van der Waals surface area contributed by atoms with Crippen molar-refractivity contribution in [1.82, 2.24) is 29.6 Å². The van der Waals surface area contributed by atoms with E-state index in [2.05, 4.69) is 9.97 Å². The Balaban J connectivity index is 1.46. The molecule has 34 heavy (non-hydrogen) atoms. The summed E-state index contributed by atoms with van der Waals surface area (Å²) < 4.78 is 12.6. The summed E-state index contributed by atoms with van der Waals surface area (Å²) in [6.07, 6.45) is 3.54. The lowest BCUT2D eigenvalue weighted by Crippen LogP contribution is -2.49. The van der Waals surface area contributed by atoms with Gasteiger partial charge in [-0.1, -0.05) is 6.07 Å². The zero-order valence-electron chi connectivity index (χ0n) is 19.5. The van der Waals surface area contributed by atoms with Crippen LogP contribution in [0.25, 0.3) is 11.4 Å². The second-order valence-electron chi connectivity index (χ2n) is 8.82. The van der Waals surface area contributed by atoms with E-state index in [4.69, 9.17) is 25.3 Å². The third-order valence-corrected chi connectivity index (χ3v) is 6.42. The van der Waals surface area contributed by atoms with Crippen molar-refractivity contribution in [1.29, 1.82) is 0 Å². The minimum absolute atomic E-state index is 0.123. The van der Waals surface area contributed by atoms with Crippen molar-refractivity contribution >= 4 is 11.7 Å². The van der Waals surface area contributed by atoms with E-state index < -0.39 is 0 Å². The molecule has 0 radical (unpaired) electrons. The van der Waals surface area contributed by atoms with Crippen LogP contribution in [0.2, 0.25) is 0 Å². The van der Waals surface area contributed by atoms with Crippen LogP contribution in [-0.4, -0.2) is 68.5 Å². The average Bonchev–Trinajstić information content (AvgIpc) is 3.27. The summed E-state index contributed by atoms with van der Waals surface area (Å²) in [6.45, 7) is 4.67. The fourth-order valence-electron chi connectivity index (χ4n) is 4.64. The molecule has 5 rings (SSSR count). The number of hydrogen-bond acceptors (Lipinski definition) is 8. The molecular formula is C24H29N7O3. The number of nitrogens with zero attached hydrogens (tertiary/aromatic N) is 6. The number of nitrogen functional groups attached to an aromatic ring is 1. The van der Waals surface area contributed by atoms with Crippen LogP contribution in [-0.2, 0) is 22.6 Å². The van der Waals surface area contributed by atoms with Gasteiger partial charge in [0, 0.05) is 31.9 Å². The lowest BCUT2D eigenvalue weighted by atomic mass is 9.97. The van der Waals surface area contributed by atoms with Gasteiger partial charge in [0.05, 0.1) is 43.3 Å². The predicted octanol–water partition coefficient (Wildman–Crippen LogP) is 2.19. The molecule has 2 aliphatic heterocycles. The molecule has 10 nitrogen and oxygen atoms in total. The molecule has 178 valence electrons. The summed E-state index contributed by atoms with van der Waals surface area (Å²) in [5, 5.41) is 4.70. The molecule has 0 spiro atoms. The highest BCUT2D eigenvalue weighted by Crippen LogP contribution is 2.30. The average molecular weight is 464 g/mol. The van der Waals surface area contributed by atoms with Crippen molar-refractivity contribution in [2.45, 2.75) is 44.8 Å². The lowest BCUT2D eigenvalue weighted by molar-refractivity contribution is 0.0368. The second-order valence-corrected chi connectivity index (χ2v) is 8.82.